The lowest BCUT2D eigenvalue weighted by Crippen LogP contribution is -2.25. The highest BCUT2D eigenvalue weighted by Crippen LogP contribution is 2.39. The second-order valence-electron chi connectivity index (χ2n) is 13.7. The monoisotopic (exact) mass is 595 g/mol. The van der Waals surface area contributed by atoms with Gasteiger partial charge in [0.05, 0.1) is 12.2 Å². The van der Waals surface area contributed by atoms with Gasteiger partial charge in [0.1, 0.15) is 5.75 Å². The number of aromatic hydroxyl groups is 1. The number of aliphatic carboxylic acids is 1. The van der Waals surface area contributed by atoms with Crippen molar-refractivity contribution in [3.05, 3.63) is 52.4 Å². The van der Waals surface area contributed by atoms with E-state index in [2.05, 4.69) is 46.5 Å². The summed E-state index contributed by atoms with van der Waals surface area (Å²) < 4.78 is 11.4. The molecule has 0 amide bonds. The predicted molar refractivity (Wildman–Crippen MR) is 175 cm³/mol. The first kappa shape index (κ1) is 35.8. The van der Waals surface area contributed by atoms with Gasteiger partial charge in [0.15, 0.2) is 0 Å². The van der Waals surface area contributed by atoms with E-state index in [1.54, 1.807) is 24.3 Å². The Bertz CT molecular complexity index is 1360. The Kier molecular flexibility index (Phi) is 13.7. The zero-order valence-corrected chi connectivity index (χ0v) is 27.6. The van der Waals surface area contributed by atoms with Gasteiger partial charge in [0, 0.05) is 18.4 Å². The van der Waals surface area contributed by atoms with Crippen LogP contribution in [-0.2, 0) is 4.79 Å². The van der Waals surface area contributed by atoms with Gasteiger partial charge >= 0.3 is 5.63 Å². The van der Waals surface area contributed by atoms with Crippen LogP contribution in [0.25, 0.3) is 22.2 Å². The van der Waals surface area contributed by atoms with Gasteiger partial charge in [-0.2, -0.15) is 4.98 Å². The number of hydrogen-bond donors (Lipinski definition) is 2. The lowest BCUT2D eigenvalue weighted by molar-refractivity contribution is -0.134. The van der Waals surface area contributed by atoms with Crippen molar-refractivity contribution in [2.24, 2.45) is 16.7 Å². The minimum absolute atomic E-state index is 0.168. The molecule has 238 valence electrons. The molecule has 2 N–H and O–H groups in total. The molecule has 0 spiro atoms. The summed E-state index contributed by atoms with van der Waals surface area (Å²) in [6, 6.07) is 10.4. The first-order valence-electron chi connectivity index (χ1n) is 15.7. The maximum absolute atomic E-state index is 12.6. The van der Waals surface area contributed by atoms with E-state index >= 15 is 0 Å². The van der Waals surface area contributed by atoms with E-state index in [1.165, 1.54) is 44.9 Å². The van der Waals surface area contributed by atoms with Crippen LogP contribution < -0.4 is 10.4 Å². The van der Waals surface area contributed by atoms with Crippen LogP contribution in [0, 0.1) is 23.7 Å². The van der Waals surface area contributed by atoms with Crippen molar-refractivity contribution in [2.45, 2.75) is 113 Å². The summed E-state index contributed by atoms with van der Waals surface area (Å²) in [4.78, 5) is 26.0. The van der Waals surface area contributed by atoms with Gasteiger partial charge in [-0.1, -0.05) is 86.1 Å². The van der Waals surface area contributed by atoms with Crippen molar-refractivity contribution in [3.8, 4) is 22.8 Å². The van der Waals surface area contributed by atoms with Gasteiger partial charge in [-0.3, -0.25) is 4.79 Å². The maximum Gasteiger partial charge on any atom is 0.345 e. The summed E-state index contributed by atoms with van der Waals surface area (Å²) in [5.41, 5.74) is 2.63. The molecular formula is C36H53NO6. The molecule has 0 fully saturated rings. The molecule has 0 saturated heterocycles. The number of unbranched alkanes of at least 4 members (excludes halogenated alkanes) is 6. The van der Waals surface area contributed by atoms with E-state index in [0.717, 1.165) is 42.2 Å². The zero-order chi connectivity index (χ0) is 32.2. The third kappa shape index (κ3) is 12.8. The molecule has 0 bridgehead atoms. The number of aromatic nitrogens is 1. The van der Waals surface area contributed by atoms with Crippen molar-refractivity contribution >= 4 is 17.1 Å². The van der Waals surface area contributed by atoms with E-state index in [0.29, 0.717) is 28.9 Å². The van der Waals surface area contributed by atoms with Crippen molar-refractivity contribution in [1.82, 2.24) is 4.98 Å². The van der Waals surface area contributed by atoms with Crippen LogP contribution in [0.4, 0.5) is 0 Å². The van der Waals surface area contributed by atoms with Crippen LogP contribution in [-0.4, -0.2) is 27.8 Å². The lowest BCUT2D eigenvalue weighted by Gasteiger charge is -2.36. The SMILES string of the molecule is CC(=O)O.Cc1cc(O)ccc1-c1cc2ccc(OCCCCCCCCCC(C)(C)C(C)CC(C)(C)C)nc2oc1=O. The molecule has 1 atom stereocenters. The van der Waals surface area contributed by atoms with E-state index in [9.17, 15) is 9.90 Å². The number of fused-ring (bicyclic) bond motifs is 1. The van der Waals surface area contributed by atoms with E-state index in [4.69, 9.17) is 19.1 Å². The average molecular weight is 596 g/mol. The molecule has 3 rings (SSSR count). The number of phenolic OH excluding ortho intramolecular Hbond substituents is 1. The van der Waals surface area contributed by atoms with Crippen molar-refractivity contribution < 1.29 is 24.2 Å². The number of carboxylic acids is 1. The average Bonchev–Trinajstić information content (AvgIpc) is 2.88. The van der Waals surface area contributed by atoms with Crippen LogP contribution >= 0.6 is 0 Å². The number of rotatable bonds is 14. The van der Waals surface area contributed by atoms with Gasteiger partial charge in [-0.25, -0.2) is 4.79 Å². The molecule has 7 heteroatoms. The van der Waals surface area contributed by atoms with Gasteiger partial charge in [-0.15, -0.1) is 0 Å². The quantitative estimate of drug-likeness (QED) is 0.179. The molecule has 2 aromatic heterocycles. The van der Waals surface area contributed by atoms with Crippen molar-refractivity contribution in [1.29, 1.82) is 0 Å². The minimum Gasteiger partial charge on any atom is -0.508 e. The summed E-state index contributed by atoms with van der Waals surface area (Å²) in [5.74, 6) is 0.557. The highest BCUT2D eigenvalue weighted by atomic mass is 16.5. The topological polar surface area (TPSA) is 110 Å². The summed E-state index contributed by atoms with van der Waals surface area (Å²) in [5, 5.41) is 17.8. The fourth-order valence-corrected chi connectivity index (χ4v) is 5.39. The third-order valence-corrected chi connectivity index (χ3v) is 8.04. The summed E-state index contributed by atoms with van der Waals surface area (Å²) in [7, 11) is 0. The number of pyridine rings is 1. The Morgan fingerprint density at radius 3 is 2.14 bits per heavy atom. The second-order valence-corrected chi connectivity index (χ2v) is 13.7. The number of ether oxygens (including phenoxy) is 1. The summed E-state index contributed by atoms with van der Waals surface area (Å²) in [6.45, 7) is 17.9. The molecule has 2 heterocycles. The second kappa shape index (κ2) is 16.5. The molecule has 43 heavy (non-hydrogen) atoms. The standard InChI is InChI=1S/C34H49NO4.C2H4O2/c1-24-21-27(36)16-17-28(24)29-22-26-15-18-30(35-31(26)39-32(29)37)38-20-14-12-10-8-9-11-13-19-34(6,7)25(2)23-33(3,4)5;1-2(3)4/h15-18,21-22,25,36H,8-14,19-20,23H2,1-7H3;1H3,(H,3,4). The van der Waals surface area contributed by atoms with Gasteiger partial charge < -0.3 is 19.4 Å². The molecule has 0 aliphatic heterocycles. The highest BCUT2D eigenvalue weighted by molar-refractivity contribution is 5.80. The first-order valence-corrected chi connectivity index (χ1v) is 15.7. The Morgan fingerprint density at radius 2 is 1.53 bits per heavy atom. The van der Waals surface area contributed by atoms with Crippen molar-refractivity contribution in [2.75, 3.05) is 6.61 Å². The largest absolute Gasteiger partial charge is 0.508 e. The normalized spacial score (nSPS) is 12.5. The molecule has 0 saturated carbocycles. The molecule has 7 nitrogen and oxygen atoms in total. The van der Waals surface area contributed by atoms with E-state index < -0.39 is 11.6 Å². The van der Waals surface area contributed by atoms with Crippen LogP contribution in [0.15, 0.2) is 45.6 Å². The number of carboxylic acid groups (broad SMARTS) is 1. The Balaban J connectivity index is 0.00000151. The molecule has 1 aromatic carbocycles. The smallest absolute Gasteiger partial charge is 0.345 e. The fraction of sp³-hybridized carbons (Fsp3) is 0.583. The number of nitrogens with zero attached hydrogens (tertiary/aromatic N) is 1. The Hall–Kier alpha value is -3.35. The maximum atomic E-state index is 12.6. The van der Waals surface area contributed by atoms with Crippen molar-refractivity contribution in [3.63, 3.8) is 0 Å². The lowest BCUT2D eigenvalue weighted by atomic mass is 9.70. The number of benzene rings is 1. The number of phenols is 1. The molecule has 1 unspecified atom stereocenters. The van der Waals surface area contributed by atoms with Gasteiger partial charge in [-0.05, 0) is 78.3 Å². The fourth-order valence-electron chi connectivity index (χ4n) is 5.39. The van der Waals surface area contributed by atoms with Crippen LogP contribution in [0.3, 0.4) is 0 Å². The molecule has 0 radical (unpaired) electrons. The summed E-state index contributed by atoms with van der Waals surface area (Å²) in [6.07, 6.45) is 11.2. The highest BCUT2D eigenvalue weighted by Gasteiger charge is 2.28. The Morgan fingerprint density at radius 1 is 0.930 bits per heavy atom. The number of aryl methyl sites for hydroxylation is 1. The minimum atomic E-state index is -0.833. The molecule has 3 aromatic rings. The van der Waals surface area contributed by atoms with Gasteiger partial charge in [0.25, 0.3) is 5.97 Å². The summed E-state index contributed by atoms with van der Waals surface area (Å²) >= 11 is 0. The molecule has 0 aliphatic rings. The molecular weight excluding hydrogens is 542 g/mol. The van der Waals surface area contributed by atoms with Crippen LogP contribution in [0.5, 0.6) is 11.6 Å². The first-order chi connectivity index (χ1) is 20.1. The van der Waals surface area contributed by atoms with Gasteiger partial charge in [0.2, 0.25) is 11.6 Å². The van der Waals surface area contributed by atoms with Crippen LogP contribution in [0.1, 0.15) is 112 Å². The van der Waals surface area contributed by atoms with E-state index in [1.807, 2.05) is 19.1 Å². The Labute approximate surface area is 257 Å². The van der Waals surface area contributed by atoms with Crippen LogP contribution in [0.2, 0.25) is 0 Å². The number of carbonyl (C=O) groups is 1. The third-order valence-electron chi connectivity index (χ3n) is 8.04. The number of hydrogen-bond acceptors (Lipinski definition) is 6. The predicted octanol–water partition coefficient (Wildman–Crippen LogP) is 9.56. The molecule has 0 aliphatic carbocycles. The zero-order valence-electron chi connectivity index (χ0n) is 27.6. The van der Waals surface area contributed by atoms with E-state index in [-0.39, 0.29) is 11.5 Å².